The Balaban J connectivity index is 1.41. The molecule has 88 heavy (non-hydrogen) atoms. The van der Waals surface area contributed by atoms with Crippen LogP contribution < -0.4 is 4.90 Å². The maximum absolute atomic E-state index is 13.1. The quantitative estimate of drug-likeness (QED) is 0.0235. The van der Waals surface area contributed by atoms with Crippen molar-refractivity contribution in [2.24, 2.45) is 0 Å². The minimum Gasteiger partial charge on any atom is -0.744 e. The molecule has 0 aliphatic carbocycles. The topological polar surface area (TPSA) is 356 Å². The first-order valence-electron chi connectivity index (χ1n) is 28.4. The molecule has 26 nitrogen and oxygen atoms in total. The van der Waals surface area contributed by atoms with Crippen LogP contribution in [-0.4, -0.2) is 219 Å². The second kappa shape index (κ2) is 32.9. The Morgan fingerprint density at radius 1 is 0.557 bits per heavy atom. The smallest absolute Gasteiger partial charge is 0.303 e. The number of nitrogens with zero attached hydrogens (tertiary/aromatic N) is 2. The number of unbranched alkanes of at least 4 members (excludes halogenated alkanes) is 2. The SMILES string of the molecule is COCCOCCOCCOCCOCCOCC[N+]1=C(/C=C/C=C2/N(CCCCCC(=O)O)c3ccc4c(S(=O)(=O)[O-])cc(S(=O)(=O)O)cc4c3C2(C)C)C(C)(CCOCCOCCOCCOC)c2c1ccc1c(S(=O)(=O)O)cc(S(=O)(=O)O)cc21. The molecule has 0 amide bonds. The summed E-state index contributed by atoms with van der Waals surface area (Å²) in [5.74, 6) is -0.967. The molecule has 0 spiro atoms. The van der Waals surface area contributed by atoms with Crippen molar-refractivity contribution in [3.05, 3.63) is 83.6 Å². The van der Waals surface area contributed by atoms with Gasteiger partial charge in [-0.1, -0.05) is 32.4 Å². The van der Waals surface area contributed by atoms with Crippen LogP contribution in [0.3, 0.4) is 0 Å². The molecule has 0 saturated heterocycles. The Morgan fingerprint density at radius 3 is 1.49 bits per heavy atom. The standard InChI is InChI=1S/C58H80N2O24S4/c1-57(2)52(59(18-8-6-7-12-54(61)62)48-15-13-44-46(55(48)57)38-42(85(63,64)65)40-50(44)87(69,70)71)10-9-11-53-58(3,17-20-77-26-28-81-32-30-79-24-22-75-4)56-47-39-43(86(66,67)68)41-51(88(72,73)74)45(47)14-16-49(56)60(53)19-21-78-27-29-82-34-35-84-37-36-83-33-31-80-25-23-76-5/h9-11,13-16,38-41H,6-8,12,17-37H2,1-5H3,(H4-,61,62,63,64,65,66,67,68,69,70,71,72,73,74). The van der Waals surface area contributed by atoms with Crippen LogP contribution in [-0.2, 0) is 103 Å². The fourth-order valence-electron chi connectivity index (χ4n) is 10.8. The molecule has 4 aromatic rings. The van der Waals surface area contributed by atoms with Crippen LogP contribution in [0.4, 0.5) is 11.4 Å². The molecular formula is C58H80N2O24S4. The molecule has 0 fully saturated rings. The fourth-order valence-corrected chi connectivity index (χ4v) is 13.5. The van der Waals surface area contributed by atoms with E-state index in [0.29, 0.717) is 131 Å². The van der Waals surface area contributed by atoms with Gasteiger partial charge < -0.3 is 61.9 Å². The first-order valence-corrected chi connectivity index (χ1v) is 34.1. The van der Waals surface area contributed by atoms with Gasteiger partial charge in [-0.05, 0) is 90.4 Å². The zero-order valence-corrected chi connectivity index (χ0v) is 53.3. The van der Waals surface area contributed by atoms with E-state index in [1.807, 2.05) is 30.2 Å². The Bertz CT molecular complexity index is 3610. The maximum Gasteiger partial charge on any atom is 0.303 e. The molecule has 0 saturated carbocycles. The molecule has 2 heterocycles. The summed E-state index contributed by atoms with van der Waals surface area (Å²) in [5.41, 5.74) is 0.630. The van der Waals surface area contributed by atoms with Gasteiger partial charge in [-0.25, -0.2) is 8.42 Å². The number of methoxy groups -OCH3 is 2. The molecule has 0 radical (unpaired) electrons. The van der Waals surface area contributed by atoms with Crippen molar-refractivity contribution in [3.8, 4) is 0 Å². The van der Waals surface area contributed by atoms with E-state index in [1.165, 1.54) is 12.1 Å². The molecule has 6 rings (SSSR count). The minimum atomic E-state index is -5.31. The molecule has 4 aromatic carbocycles. The average Bonchev–Trinajstić information content (AvgIpc) is 1.70. The van der Waals surface area contributed by atoms with Crippen LogP contribution in [0.2, 0.25) is 0 Å². The fraction of sp³-hybridized carbons (Fsp3) is 0.552. The van der Waals surface area contributed by atoms with Gasteiger partial charge >= 0.3 is 5.97 Å². The number of hydrogen-bond acceptors (Lipinski definition) is 21. The van der Waals surface area contributed by atoms with Gasteiger partial charge in [-0.15, -0.1) is 0 Å². The van der Waals surface area contributed by atoms with E-state index in [-0.39, 0.29) is 100 Å². The zero-order valence-electron chi connectivity index (χ0n) is 50.0. The van der Waals surface area contributed by atoms with Crippen LogP contribution in [0, 0.1) is 0 Å². The molecule has 2 aliphatic heterocycles. The molecule has 490 valence electrons. The highest BCUT2D eigenvalue weighted by Crippen LogP contribution is 2.53. The number of anilines is 1. The van der Waals surface area contributed by atoms with Crippen molar-refractivity contribution in [1.29, 1.82) is 0 Å². The predicted octanol–water partition coefficient (Wildman–Crippen LogP) is 5.69. The summed E-state index contributed by atoms with van der Waals surface area (Å²) in [6, 6.07) is 9.61. The van der Waals surface area contributed by atoms with Crippen molar-refractivity contribution in [3.63, 3.8) is 0 Å². The molecule has 4 N–H and O–H groups in total. The largest absolute Gasteiger partial charge is 0.744 e. The normalized spacial score (nSPS) is 16.7. The molecule has 0 bridgehead atoms. The average molecular weight is 1320 g/mol. The number of rotatable bonds is 42. The lowest BCUT2D eigenvalue weighted by Gasteiger charge is -2.27. The second-order valence-corrected chi connectivity index (χ2v) is 26.8. The van der Waals surface area contributed by atoms with E-state index < -0.39 is 76.9 Å². The van der Waals surface area contributed by atoms with Gasteiger partial charge in [0.25, 0.3) is 30.4 Å². The third-order valence-electron chi connectivity index (χ3n) is 14.9. The van der Waals surface area contributed by atoms with Crippen molar-refractivity contribution >= 4 is 85.1 Å². The summed E-state index contributed by atoms with van der Waals surface area (Å²) in [7, 11) is -17.4. The summed E-state index contributed by atoms with van der Waals surface area (Å²) >= 11 is 0. The Kier molecular flexibility index (Phi) is 26.9. The van der Waals surface area contributed by atoms with Gasteiger partial charge in [0.2, 0.25) is 5.69 Å². The molecular weight excluding hydrogens is 1240 g/mol. The number of hydrogen-bond donors (Lipinski definition) is 4. The van der Waals surface area contributed by atoms with Gasteiger partial charge in [0.05, 0.1) is 126 Å². The predicted molar refractivity (Wildman–Crippen MR) is 321 cm³/mol. The number of carboxylic acid groups (broad SMARTS) is 1. The lowest BCUT2D eigenvalue weighted by molar-refractivity contribution is -0.442. The first kappa shape index (κ1) is 72.1. The summed E-state index contributed by atoms with van der Waals surface area (Å²) < 4.78 is 204. The summed E-state index contributed by atoms with van der Waals surface area (Å²) in [4.78, 5) is 10.1. The Morgan fingerprint density at radius 2 is 1.01 bits per heavy atom. The number of carboxylic acids is 1. The van der Waals surface area contributed by atoms with E-state index in [9.17, 15) is 61.8 Å². The Labute approximate surface area is 514 Å². The number of allylic oxidation sites excluding steroid dienone is 4. The lowest BCUT2D eigenvalue weighted by Crippen LogP contribution is -2.34. The molecule has 1 atom stereocenters. The van der Waals surface area contributed by atoms with Crippen LogP contribution in [0.15, 0.2) is 92.0 Å². The number of aliphatic carboxylic acids is 1. The van der Waals surface area contributed by atoms with Crippen LogP contribution in [0.25, 0.3) is 21.5 Å². The minimum absolute atomic E-state index is 0.0516. The van der Waals surface area contributed by atoms with E-state index in [4.69, 9.17) is 47.4 Å². The van der Waals surface area contributed by atoms with Gasteiger partial charge in [0, 0.05) is 73.7 Å². The van der Waals surface area contributed by atoms with Gasteiger partial charge in [-0.2, -0.15) is 29.8 Å². The van der Waals surface area contributed by atoms with Crippen molar-refractivity contribution in [2.45, 2.75) is 83.3 Å². The molecule has 2 aliphatic rings. The highest BCUT2D eigenvalue weighted by molar-refractivity contribution is 7.87. The molecule has 0 aromatic heterocycles. The zero-order chi connectivity index (χ0) is 64.3. The van der Waals surface area contributed by atoms with Crippen LogP contribution in [0.5, 0.6) is 0 Å². The van der Waals surface area contributed by atoms with Gasteiger partial charge in [0.15, 0.2) is 12.3 Å². The lowest BCUT2D eigenvalue weighted by atomic mass is 9.74. The van der Waals surface area contributed by atoms with Crippen LogP contribution in [0.1, 0.15) is 64.0 Å². The van der Waals surface area contributed by atoms with Crippen molar-refractivity contribution in [2.75, 3.05) is 151 Å². The Hall–Kier alpha value is -4.94. The molecule has 30 heteroatoms. The number of ether oxygens (including phenoxy) is 10. The monoisotopic (exact) mass is 1320 g/mol. The van der Waals surface area contributed by atoms with Gasteiger partial charge in [0.1, 0.15) is 21.6 Å². The van der Waals surface area contributed by atoms with E-state index >= 15 is 0 Å². The first-order chi connectivity index (χ1) is 41.7. The number of fused-ring (bicyclic) bond motifs is 6. The van der Waals surface area contributed by atoms with Crippen molar-refractivity contribution < 1.29 is 114 Å². The highest BCUT2D eigenvalue weighted by atomic mass is 32.2. The van der Waals surface area contributed by atoms with E-state index in [2.05, 4.69) is 0 Å². The summed E-state index contributed by atoms with van der Waals surface area (Å²) in [5, 5.41) is 9.38. The van der Waals surface area contributed by atoms with Crippen LogP contribution >= 0.6 is 0 Å². The highest BCUT2D eigenvalue weighted by Gasteiger charge is 2.49. The number of benzene rings is 4. The second-order valence-electron chi connectivity index (χ2n) is 21.2. The van der Waals surface area contributed by atoms with E-state index in [1.54, 1.807) is 44.6 Å². The third kappa shape index (κ3) is 19.3. The van der Waals surface area contributed by atoms with Gasteiger partial charge in [-0.3, -0.25) is 18.5 Å². The third-order valence-corrected chi connectivity index (χ3v) is 18.3. The van der Waals surface area contributed by atoms with E-state index in [0.717, 1.165) is 12.1 Å². The maximum atomic E-state index is 13.1. The summed E-state index contributed by atoms with van der Waals surface area (Å²) in [6.07, 6.45) is 6.71. The summed E-state index contributed by atoms with van der Waals surface area (Å²) in [6.45, 7) is 11.3. The number of carbonyl (C=O) groups is 1. The van der Waals surface area contributed by atoms with Crippen molar-refractivity contribution in [1.82, 2.24) is 0 Å². The molecule has 1 unspecified atom stereocenters.